The van der Waals surface area contributed by atoms with Crippen molar-refractivity contribution in [2.24, 2.45) is 30.7 Å². The highest BCUT2D eigenvalue weighted by molar-refractivity contribution is 7.86. The molecule has 1 amide bonds. The first-order chi connectivity index (χ1) is 39.2. The number of para-hydroxylation sites is 1. The first kappa shape index (κ1) is 60.3. The number of aryl methyl sites for hydroxylation is 2. The summed E-state index contributed by atoms with van der Waals surface area (Å²) in [5.41, 5.74) is 3.40. The third-order valence-electron chi connectivity index (χ3n) is 12.1. The van der Waals surface area contributed by atoms with Gasteiger partial charge in [0.15, 0.2) is 5.75 Å². The van der Waals surface area contributed by atoms with Crippen molar-refractivity contribution < 1.29 is 76.0 Å². The molecule has 0 aliphatic rings. The second-order valence-corrected chi connectivity index (χ2v) is 24.3. The Hall–Kier alpha value is -8.81. The zero-order chi connectivity index (χ0) is 59.9. The highest BCUT2D eigenvalue weighted by Crippen LogP contribution is 2.45. The van der Waals surface area contributed by atoms with Crippen molar-refractivity contribution in [3.05, 3.63) is 150 Å². The number of nitrogens with one attached hydrogen (secondary N) is 2. The van der Waals surface area contributed by atoms with Gasteiger partial charge in [-0.3, -0.25) is 23.0 Å². The van der Waals surface area contributed by atoms with Crippen LogP contribution >= 0.6 is 0 Å². The SMILES string of the molecule is COc1cc(N=Nc2cc(C)c(N=Nc3ccc(C(=O)Nc4ccc5c(OCCCS(=O)(=O)O)cc(S(=O)(=O)O)cc5c4)cc3)cc2OCCCS(=O)(=O)O)c(C)cc1N=Nc1c(S(=O)(=O)O)cc2cc(Nc3ccccc3)ccc2c1O. The summed E-state index contributed by atoms with van der Waals surface area (Å²) in [6, 6.07) is 33.9. The van der Waals surface area contributed by atoms with E-state index in [0.717, 1.165) is 11.8 Å². The van der Waals surface area contributed by atoms with E-state index in [2.05, 4.69) is 41.3 Å². The van der Waals surface area contributed by atoms with Crippen molar-refractivity contribution in [2.75, 3.05) is 42.5 Å². The average molecular weight is 1210 g/mol. The molecule has 0 unspecified atom stereocenters. The van der Waals surface area contributed by atoms with Gasteiger partial charge in [0, 0.05) is 51.6 Å². The molecule has 432 valence electrons. The van der Waals surface area contributed by atoms with Crippen LogP contribution in [0.4, 0.5) is 51.2 Å². The van der Waals surface area contributed by atoms with Gasteiger partial charge in [0.1, 0.15) is 39.2 Å². The molecule has 8 aromatic rings. The minimum atomic E-state index is -4.95. The summed E-state index contributed by atoms with van der Waals surface area (Å²) >= 11 is 0. The Morgan fingerprint density at radius 1 is 0.518 bits per heavy atom. The summed E-state index contributed by atoms with van der Waals surface area (Å²) in [4.78, 5) is 12.1. The molecule has 0 saturated carbocycles. The van der Waals surface area contributed by atoms with Crippen LogP contribution in [0.3, 0.4) is 0 Å². The molecule has 0 aliphatic carbocycles. The predicted octanol–water partition coefficient (Wildman–Crippen LogP) is 12.4. The quantitative estimate of drug-likeness (QED) is 0.0178. The normalized spacial score (nSPS) is 12.4. The van der Waals surface area contributed by atoms with Crippen LogP contribution in [0.5, 0.6) is 23.0 Å². The molecular formula is C54H50N8O17S4. The smallest absolute Gasteiger partial charge is 0.296 e. The predicted molar refractivity (Wildman–Crippen MR) is 308 cm³/mol. The third kappa shape index (κ3) is 16.0. The molecule has 0 aliphatic heterocycles. The number of anilines is 3. The zero-order valence-electron chi connectivity index (χ0n) is 43.9. The lowest BCUT2D eigenvalue weighted by atomic mass is 10.1. The Bertz CT molecular complexity index is 4380. The van der Waals surface area contributed by atoms with Crippen LogP contribution in [-0.4, -0.2) is 94.7 Å². The van der Waals surface area contributed by atoms with Gasteiger partial charge in [0.2, 0.25) is 0 Å². The van der Waals surface area contributed by atoms with Gasteiger partial charge in [-0.15, -0.1) is 15.3 Å². The van der Waals surface area contributed by atoms with E-state index in [9.17, 15) is 57.2 Å². The molecule has 0 saturated heterocycles. The number of carbonyl (C=O) groups is 1. The molecule has 7 N–H and O–H groups in total. The zero-order valence-corrected chi connectivity index (χ0v) is 47.2. The van der Waals surface area contributed by atoms with Gasteiger partial charge in [-0.2, -0.15) is 49.0 Å². The van der Waals surface area contributed by atoms with Gasteiger partial charge in [0.25, 0.3) is 46.4 Å². The number of rotatable bonds is 23. The largest absolute Gasteiger partial charge is 0.505 e. The van der Waals surface area contributed by atoms with Crippen LogP contribution in [0.2, 0.25) is 0 Å². The highest BCUT2D eigenvalue weighted by atomic mass is 32.2. The lowest BCUT2D eigenvalue weighted by Gasteiger charge is -2.13. The fourth-order valence-corrected chi connectivity index (χ4v) is 10.2. The van der Waals surface area contributed by atoms with Gasteiger partial charge in [-0.05, 0) is 146 Å². The van der Waals surface area contributed by atoms with Crippen LogP contribution in [0.1, 0.15) is 34.3 Å². The molecule has 0 spiro atoms. The van der Waals surface area contributed by atoms with Gasteiger partial charge in [-0.25, -0.2) is 0 Å². The lowest BCUT2D eigenvalue weighted by Crippen LogP contribution is -2.11. The number of phenols is 1. The molecule has 0 fully saturated rings. The van der Waals surface area contributed by atoms with Crippen LogP contribution < -0.4 is 24.8 Å². The van der Waals surface area contributed by atoms with E-state index in [-0.39, 0.29) is 87.8 Å². The van der Waals surface area contributed by atoms with E-state index in [1.54, 1.807) is 38.1 Å². The highest BCUT2D eigenvalue weighted by Gasteiger charge is 2.23. The molecule has 0 atom stereocenters. The number of methoxy groups -OCH3 is 1. The average Bonchev–Trinajstić information content (AvgIpc) is 3.25. The van der Waals surface area contributed by atoms with E-state index in [0.29, 0.717) is 33.6 Å². The van der Waals surface area contributed by atoms with E-state index in [4.69, 9.17) is 18.8 Å². The van der Waals surface area contributed by atoms with Crippen LogP contribution in [0.25, 0.3) is 21.5 Å². The van der Waals surface area contributed by atoms with Crippen LogP contribution in [0, 0.1) is 13.8 Å². The number of phenolic OH excluding ortho intramolecular Hbond substituents is 1. The molecular weight excluding hydrogens is 1160 g/mol. The van der Waals surface area contributed by atoms with E-state index in [1.165, 1.54) is 79.9 Å². The Balaban J connectivity index is 1.00. The Morgan fingerprint density at radius 3 is 1.67 bits per heavy atom. The number of benzene rings is 8. The topological polar surface area (TPSA) is 381 Å². The maximum absolute atomic E-state index is 13.4. The molecule has 25 nitrogen and oxygen atoms in total. The summed E-state index contributed by atoms with van der Waals surface area (Å²) < 4.78 is 150. The second-order valence-electron chi connectivity index (χ2n) is 18.3. The van der Waals surface area contributed by atoms with Crippen molar-refractivity contribution in [3.63, 3.8) is 0 Å². The number of aromatic hydroxyl groups is 1. The number of amides is 1. The summed E-state index contributed by atoms with van der Waals surface area (Å²) in [7, 11) is -16.9. The Morgan fingerprint density at radius 2 is 1.06 bits per heavy atom. The fraction of sp³-hybridized carbons (Fsp3) is 0.167. The number of hydrogen-bond acceptors (Lipinski definition) is 20. The third-order valence-corrected chi connectivity index (χ3v) is 15.5. The first-order valence-electron chi connectivity index (χ1n) is 24.5. The van der Waals surface area contributed by atoms with Crippen molar-refractivity contribution in [2.45, 2.75) is 36.5 Å². The number of hydrogen-bond donors (Lipinski definition) is 7. The maximum Gasteiger partial charge on any atom is 0.296 e. The molecule has 29 heteroatoms. The fourth-order valence-electron chi connectivity index (χ4n) is 8.09. The molecule has 0 aromatic heterocycles. The van der Waals surface area contributed by atoms with Gasteiger partial charge < -0.3 is 30.0 Å². The standard InChI is InChI=1S/C54H50N8O17S4/c1-32-23-46(61-62-52-51(83(74,75)76)28-36-26-39(16-18-43(36)53(52)63)55-37-9-5-4-6-10-37)49(77-3)30-44(32)59-60-47-24-33(2)45(31-50(47)79-20-8-22-81(68,69)70)58-57-38-13-11-34(12-14-38)54(64)56-40-15-17-42-35(25-40)27-41(82(71,72)73)29-48(42)78-19-7-21-80(65,66)67/h4-6,9-18,23-31,55,63H,7-8,19-22H2,1-3H3,(H,56,64)(H,65,66,67)(H,68,69,70)(H,71,72,73)(H,74,75,76). The van der Waals surface area contributed by atoms with Gasteiger partial charge in [0.05, 0.1) is 53.8 Å². The van der Waals surface area contributed by atoms with Crippen molar-refractivity contribution in [1.82, 2.24) is 0 Å². The lowest BCUT2D eigenvalue weighted by molar-refractivity contribution is 0.102. The van der Waals surface area contributed by atoms with Crippen LogP contribution in [-0.2, 0) is 40.5 Å². The number of azo groups is 3. The van der Waals surface area contributed by atoms with Gasteiger partial charge >= 0.3 is 0 Å². The molecule has 0 radical (unpaired) electrons. The molecule has 0 heterocycles. The summed E-state index contributed by atoms with van der Waals surface area (Å²) in [5.74, 6) is -2.11. The molecule has 8 aromatic carbocycles. The molecule has 8 rings (SSSR count). The minimum absolute atomic E-state index is 0.00120. The van der Waals surface area contributed by atoms with Crippen molar-refractivity contribution >= 4 is 119 Å². The number of ether oxygens (including phenoxy) is 3. The summed E-state index contributed by atoms with van der Waals surface area (Å²) in [6.45, 7) is 2.98. The number of nitrogens with zero attached hydrogens (tertiary/aromatic N) is 6. The summed E-state index contributed by atoms with van der Waals surface area (Å²) in [5, 5.41) is 44.1. The minimum Gasteiger partial charge on any atom is -0.505 e. The van der Waals surface area contributed by atoms with E-state index < -0.39 is 79.1 Å². The van der Waals surface area contributed by atoms with Crippen LogP contribution in [0.15, 0.2) is 174 Å². The van der Waals surface area contributed by atoms with Crippen molar-refractivity contribution in [1.29, 1.82) is 0 Å². The molecule has 0 bridgehead atoms. The van der Waals surface area contributed by atoms with Crippen molar-refractivity contribution in [3.8, 4) is 23.0 Å². The van der Waals surface area contributed by atoms with E-state index in [1.807, 2.05) is 30.3 Å². The summed E-state index contributed by atoms with van der Waals surface area (Å²) in [6.07, 6.45) is -0.214. The van der Waals surface area contributed by atoms with Gasteiger partial charge in [-0.1, -0.05) is 18.2 Å². The first-order valence-corrected chi connectivity index (χ1v) is 30.6. The Kier molecular flexibility index (Phi) is 18.3. The molecule has 83 heavy (non-hydrogen) atoms. The number of fused-ring (bicyclic) bond motifs is 2. The monoisotopic (exact) mass is 1210 g/mol. The second kappa shape index (κ2) is 25.1. The number of carbonyl (C=O) groups excluding carboxylic acids is 1. The maximum atomic E-state index is 13.4. The van der Waals surface area contributed by atoms with E-state index >= 15 is 0 Å². The Labute approximate surface area is 475 Å².